The summed E-state index contributed by atoms with van der Waals surface area (Å²) in [5.74, 6) is 1.81. The van der Waals surface area contributed by atoms with Gasteiger partial charge in [-0.2, -0.15) is 0 Å². The van der Waals surface area contributed by atoms with Crippen LogP contribution in [0.25, 0.3) is 0 Å². The number of amides is 2. The first-order valence-electron chi connectivity index (χ1n) is 13.2. The van der Waals surface area contributed by atoms with Crippen LogP contribution in [0.15, 0.2) is 36.4 Å². The fourth-order valence-electron chi connectivity index (χ4n) is 6.41. The van der Waals surface area contributed by atoms with Crippen molar-refractivity contribution >= 4 is 23.4 Å². The fourth-order valence-corrected chi connectivity index (χ4v) is 6.68. The van der Waals surface area contributed by atoms with Gasteiger partial charge in [0.05, 0.1) is 6.54 Å². The average Bonchev–Trinajstić information content (AvgIpc) is 3.61. The Hall–Kier alpha value is -2.60. The Balaban J connectivity index is 0.951. The first kappa shape index (κ1) is 23.8. The highest BCUT2D eigenvalue weighted by atomic mass is 35.5. The molecule has 0 aromatic heterocycles. The summed E-state index contributed by atoms with van der Waals surface area (Å²) in [7, 11) is 0. The smallest absolute Gasteiger partial charge is 0.251 e. The van der Waals surface area contributed by atoms with Crippen molar-refractivity contribution in [1.82, 2.24) is 10.2 Å². The first-order chi connectivity index (χ1) is 17.4. The Kier molecular flexibility index (Phi) is 6.19. The second-order valence-corrected chi connectivity index (χ2v) is 11.5. The number of ether oxygens (including phenoxy) is 1. The van der Waals surface area contributed by atoms with Crippen molar-refractivity contribution in [3.8, 4) is 5.75 Å². The molecule has 2 aromatic rings. The lowest BCUT2D eigenvalue weighted by Crippen LogP contribution is -2.44. The molecule has 5 nitrogen and oxygen atoms in total. The molecule has 1 unspecified atom stereocenters. The predicted molar refractivity (Wildman–Crippen MR) is 136 cm³/mol. The third-order valence-corrected chi connectivity index (χ3v) is 8.98. The lowest BCUT2D eigenvalue weighted by Gasteiger charge is -2.48. The number of hydrogen-bond acceptors (Lipinski definition) is 3. The summed E-state index contributed by atoms with van der Waals surface area (Å²) in [6.07, 6.45) is 8.52. The molecule has 2 aliphatic heterocycles. The Morgan fingerprint density at radius 1 is 1.06 bits per heavy atom. The number of hydrogen-bond donors (Lipinski definition) is 1. The van der Waals surface area contributed by atoms with Gasteiger partial charge in [-0.1, -0.05) is 11.6 Å². The monoisotopic (exact) mass is 510 g/mol. The molecule has 4 aliphatic rings. The summed E-state index contributed by atoms with van der Waals surface area (Å²) in [5, 5.41) is 3.51. The van der Waals surface area contributed by atoms with Gasteiger partial charge in [-0.3, -0.25) is 9.59 Å². The highest BCUT2D eigenvalue weighted by molar-refractivity contribution is 6.31. The number of likely N-dealkylation sites (tertiary alicyclic amines) is 1. The van der Waals surface area contributed by atoms with E-state index in [0.717, 1.165) is 75.6 Å². The van der Waals surface area contributed by atoms with Crippen molar-refractivity contribution in [3.05, 3.63) is 63.9 Å². The molecule has 2 saturated carbocycles. The van der Waals surface area contributed by atoms with E-state index in [4.69, 9.17) is 16.3 Å². The van der Waals surface area contributed by atoms with Crippen molar-refractivity contribution in [1.29, 1.82) is 0 Å². The van der Waals surface area contributed by atoms with E-state index >= 15 is 0 Å². The van der Waals surface area contributed by atoms with E-state index in [9.17, 15) is 14.0 Å². The van der Waals surface area contributed by atoms with Gasteiger partial charge in [-0.05, 0) is 105 Å². The summed E-state index contributed by atoms with van der Waals surface area (Å²) >= 11 is 6.27. The Labute approximate surface area is 216 Å². The number of nitrogens with one attached hydrogen (secondary N) is 1. The third-order valence-electron chi connectivity index (χ3n) is 8.63. The highest BCUT2D eigenvalue weighted by Crippen LogP contribution is 2.54. The van der Waals surface area contributed by atoms with Crippen LogP contribution >= 0.6 is 11.6 Å². The predicted octanol–water partition coefficient (Wildman–Crippen LogP) is 5.80. The van der Waals surface area contributed by atoms with E-state index in [1.165, 1.54) is 12.1 Å². The molecule has 7 heteroatoms. The number of benzene rings is 2. The minimum Gasteiger partial charge on any atom is -0.482 e. The zero-order chi connectivity index (χ0) is 24.9. The molecule has 6 rings (SSSR count). The molecular weight excluding hydrogens is 479 g/mol. The van der Waals surface area contributed by atoms with Crippen LogP contribution in [0, 0.1) is 17.7 Å². The topological polar surface area (TPSA) is 58.6 Å². The zero-order valence-electron chi connectivity index (χ0n) is 20.4. The SMILES string of the molecule is O=C(NCC(=O)N1CCC(CC2CCC3(CC2)Oc2cc(F)ccc23)C1)c1ccc(Cl)c(C2CC2)c1. The van der Waals surface area contributed by atoms with E-state index in [1.54, 1.807) is 12.1 Å². The van der Waals surface area contributed by atoms with Crippen molar-refractivity contribution < 1.29 is 18.7 Å². The van der Waals surface area contributed by atoms with Gasteiger partial charge in [0.2, 0.25) is 5.91 Å². The first-order valence-corrected chi connectivity index (χ1v) is 13.6. The van der Waals surface area contributed by atoms with Gasteiger partial charge in [-0.15, -0.1) is 0 Å². The van der Waals surface area contributed by atoms with E-state index in [1.807, 2.05) is 17.0 Å². The molecule has 1 saturated heterocycles. The largest absolute Gasteiger partial charge is 0.482 e. The lowest BCUT2D eigenvalue weighted by molar-refractivity contribution is -0.129. The van der Waals surface area contributed by atoms with Gasteiger partial charge in [0, 0.05) is 35.3 Å². The lowest BCUT2D eigenvalue weighted by atomic mass is 9.70. The Morgan fingerprint density at radius 3 is 2.61 bits per heavy atom. The van der Waals surface area contributed by atoms with E-state index in [-0.39, 0.29) is 29.8 Å². The molecule has 1 spiro atoms. The second-order valence-electron chi connectivity index (χ2n) is 11.1. The molecule has 0 bridgehead atoms. The van der Waals surface area contributed by atoms with Gasteiger partial charge in [0.25, 0.3) is 5.91 Å². The average molecular weight is 511 g/mol. The molecule has 1 atom stereocenters. The molecule has 2 heterocycles. The zero-order valence-corrected chi connectivity index (χ0v) is 21.2. The molecular formula is C29H32ClFN2O3. The molecule has 1 N–H and O–H groups in total. The molecule has 2 aromatic carbocycles. The van der Waals surface area contributed by atoms with Crippen LogP contribution in [0.2, 0.25) is 5.02 Å². The third kappa shape index (κ3) is 4.60. The number of carbonyl (C=O) groups excluding carboxylic acids is 2. The molecule has 190 valence electrons. The summed E-state index contributed by atoms with van der Waals surface area (Å²) in [4.78, 5) is 27.3. The normalized spacial score (nSPS) is 26.8. The minimum atomic E-state index is -0.245. The van der Waals surface area contributed by atoms with Crippen molar-refractivity contribution in [2.75, 3.05) is 19.6 Å². The van der Waals surface area contributed by atoms with Gasteiger partial charge in [0.1, 0.15) is 17.2 Å². The van der Waals surface area contributed by atoms with Gasteiger partial charge in [-0.25, -0.2) is 4.39 Å². The number of halogens is 2. The number of carbonyl (C=O) groups is 2. The van der Waals surface area contributed by atoms with Gasteiger partial charge >= 0.3 is 0 Å². The summed E-state index contributed by atoms with van der Waals surface area (Å²) < 4.78 is 19.4. The van der Waals surface area contributed by atoms with Crippen molar-refractivity contribution in [2.24, 2.45) is 11.8 Å². The molecule has 0 radical (unpaired) electrons. The standard InChI is InChI=1S/C29H32ClFN2O3/c30-25-6-3-21(14-23(25)20-1-2-20)28(35)32-16-27(34)33-12-9-19(17-33)13-18-7-10-29(11-8-18)24-5-4-22(31)15-26(24)36-29/h3-6,14-15,18-20H,1-2,7-13,16-17H2,(H,32,35). The maximum Gasteiger partial charge on any atom is 0.251 e. The van der Waals surface area contributed by atoms with E-state index in [2.05, 4.69) is 5.32 Å². The maximum absolute atomic E-state index is 13.4. The number of rotatable bonds is 6. The Bertz CT molecular complexity index is 1190. The summed E-state index contributed by atoms with van der Waals surface area (Å²) in [5.41, 5.74) is 2.54. The van der Waals surface area contributed by atoms with Crippen LogP contribution in [0.3, 0.4) is 0 Å². The second kappa shape index (κ2) is 9.37. The molecule has 2 amide bonds. The highest BCUT2D eigenvalue weighted by Gasteiger charge is 2.48. The summed E-state index contributed by atoms with van der Waals surface area (Å²) in [6, 6.07) is 10.3. The number of nitrogens with zero attached hydrogens (tertiary/aromatic N) is 1. The van der Waals surface area contributed by atoms with Crippen molar-refractivity contribution in [2.45, 2.75) is 62.9 Å². The van der Waals surface area contributed by atoms with Gasteiger partial charge < -0.3 is 15.0 Å². The minimum absolute atomic E-state index is 0.0171. The van der Waals surface area contributed by atoms with Crippen LogP contribution in [0.5, 0.6) is 5.75 Å². The van der Waals surface area contributed by atoms with E-state index < -0.39 is 0 Å². The molecule has 2 aliphatic carbocycles. The van der Waals surface area contributed by atoms with Crippen LogP contribution in [0.1, 0.15) is 78.8 Å². The molecule has 3 fully saturated rings. The van der Waals surface area contributed by atoms with E-state index in [0.29, 0.717) is 34.1 Å². The molecule has 36 heavy (non-hydrogen) atoms. The van der Waals surface area contributed by atoms with Crippen LogP contribution in [0.4, 0.5) is 4.39 Å². The quantitative estimate of drug-likeness (QED) is 0.534. The van der Waals surface area contributed by atoms with Gasteiger partial charge in [0.15, 0.2) is 0 Å². The maximum atomic E-state index is 13.4. The van der Waals surface area contributed by atoms with Crippen LogP contribution in [-0.4, -0.2) is 36.3 Å². The van der Waals surface area contributed by atoms with Crippen molar-refractivity contribution in [3.63, 3.8) is 0 Å². The van der Waals surface area contributed by atoms with Crippen LogP contribution in [-0.2, 0) is 10.4 Å². The van der Waals surface area contributed by atoms with Crippen LogP contribution < -0.4 is 10.1 Å². The Morgan fingerprint density at radius 2 is 1.86 bits per heavy atom. The number of fused-ring (bicyclic) bond motifs is 2. The fraction of sp³-hybridized carbons (Fsp3) is 0.517. The summed E-state index contributed by atoms with van der Waals surface area (Å²) in [6.45, 7) is 1.54.